The molecule has 0 radical (unpaired) electrons. The fourth-order valence-electron chi connectivity index (χ4n) is 4.73. The van der Waals surface area contributed by atoms with Crippen molar-refractivity contribution >= 4 is 28.4 Å². The van der Waals surface area contributed by atoms with Crippen LogP contribution < -0.4 is 21.9 Å². The van der Waals surface area contributed by atoms with E-state index in [-0.39, 0.29) is 30.9 Å². The maximum absolute atomic E-state index is 13.6. The van der Waals surface area contributed by atoms with Gasteiger partial charge in [-0.2, -0.15) is 0 Å². The molecular weight excluding hydrogens is 496 g/mol. The molecule has 0 aliphatic carbocycles. The molecule has 2 N–H and O–H groups in total. The van der Waals surface area contributed by atoms with Crippen molar-refractivity contribution < 1.29 is 14.3 Å². The van der Waals surface area contributed by atoms with E-state index in [0.29, 0.717) is 28.8 Å². The topological polar surface area (TPSA) is 111 Å². The lowest BCUT2D eigenvalue weighted by Gasteiger charge is -2.15. The van der Waals surface area contributed by atoms with Crippen molar-refractivity contribution in [1.29, 1.82) is 0 Å². The molecule has 1 aliphatic rings. The number of rotatable bonds is 8. The Kier molecular flexibility index (Phi) is 7.69. The predicted octanol–water partition coefficient (Wildman–Crippen LogP) is 2.94. The van der Waals surface area contributed by atoms with Gasteiger partial charge in [0.1, 0.15) is 6.54 Å². The van der Waals surface area contributed by atoms with Crippen LogP contribution in [0.5, 0.6) is 0 Å². The highest BCUT2D eigenvalue weighted by atomic mass is 16.5. The van der Waals surface area contributed by atoms with Gasteiger partial charge in [0.15, 0.2) is 0 Å². The number of amides is 2. The number of ether oxygens (including phenoxy) is 1. The molecule has 1 fully saturated rings. The fraction of sp³-hybridized carbons (Fsp3) is 0.267. The third kappa shape index (κ3) is 5.99. The average molecular weight is 527 g/mol. The van der Waals surface area contributed by atoms with E-state index in [4.69, 9.17) is 4.74 Å². The molecule has 1 atom stereocenters. The Morgan fingerprint density at radius 2 is 1.69 bits per heavy atom. The number of benzene rings is 3. The van der Waals surface area contributed by atoms with Crippen molar-refractivity contribution in [2.75, 3.05) is 18.5 Å². The van der Waals surface area contributed by atoms with E-state index < -0.39 is 11.2 Å². The minimum Gasteiger partial charge on any atom is -0.376 e. The number of nitrogens with zero attached hydrogens (tertiary/aromatic N) is 2. The van der Waals surface area contributed by atoms with Crippen molar-refractivity contribution in [2.45, 2.75) is 38.8 Å². The number of aromatic nitrogens is 2. The van der Waals surface area contributed by atoms with E-state index in [2.05, 4.69) is 10.6 Å². The van der Waals surface area contributed by atoms with Gasteiger partial charge in [-0.3, -0.25) is 19.0 Å². The van der Waals surface area contributed by atoms with Gasteiger partial charge in [-0.1, -0.05) is 42.0 Å². The molecule has 1 aliphatic heterocycles. The molecule has 0 unspecified atom stereocenters. The second kappa shape index (κ2) is 11.5. The number of hydrogen-bond acceptors (Lipinski definition) is 5. The molecule has 1 aromatic heterocycles. The molecule has 9 heteroatoms. The summed E-state index contributed by atoms with van der Waals surface area (Å²) >= 11 is 0. The first-order valence-corrected chi connectivity index (χ1v) is 13.0. The van der Waals surface area contributed by atoms with Crippen LogP contribution in [-0.2, 0) is 27.3 Å². The Hall–Kier alpha value is -4.50. The van der Waals surface area contributed by atoms with Gasteiger partial charge in [0.25, 0.3) is 5.56 Å². The SMILES string of the molecule is Cc1ccc(NC(=O)Cn2c(=O)n(-c3ccc(CC(=O)NC[C@@H]4CCCO4)cc3)c(=O)c3ccccc32)cc1. The van der Waals surface area contributed by atoms with E-state index in [1.54, 1.807) is 60.7 Å². The van der Waals surface area contributed by atoms with Crippen molar-refractivity contribution in [3.63, 3.8) is 0 Å². The van der Waals surface area contributed by atoms with E-state index in [1.807, 2.05) is 19.1 Å². The normalized spacial score (nSPS) is 14.8. The standard InChI is InChI=1S/C30H30N4O5/c1-20-8-12-22(13-9-20)32-28(36)19-33-26-7-3-2-6-25(26)29(37)34(30(33)38)23-14-10-21(11-15-23)17-27(35)31-18-24-5-4-16-39-24/h2-3,6-15,24H,4-5,16-19H2,1H3,(H,31,35)(H,32,36)/t24-/m0/s1. The first-order chi connectivity index (χ1) is 18.9. The number of fused-ring (bicyclic) bond motifs is 1. The van der Waals surface area contributed by atoms with Crippen molar-refractivity contribution in [2.24, 2.45) is 0 Å². The van der Waals surface area contributed by atoms with Crippen LogP contribution in [0, 0.1) is 6.92 Å². The van der Waals surface area contributed by atoms with Gasteiger partial charge in [-0.05, 0) is 61.7 Å². The summed E-state index contributed by atoms with van der Waals surface area (Å²) in [4.78, 5) is 52.2. The van der Waals surface area contributed by atoms with E-state index in [1.165, 1.54) is 4.57 Å². The van der Waals surface area contributed by atoms with Crippen LogP contribution in [0.1, 0.15) is 24.0 Å². The van der Waals surface area contributed by atoms with Crippen LogP contribution >= 0.6 is 0 Å². The summed E-state index contributed by atoms with van der Waals surface area (Å²) in [6.07, 6.45) is 2.19. The number of anilines is 1. The number of carbonyl (C=O) groups excluding carboxylic acids is 2. The van der Waals surface area contributed by atoms with Gasteiger partial charge in [-0.15, -0.1) is 0 Å². The highest BCUT2D eigenvalue weighted by Crippen LogP contribution is 2.14. The van der Waals surface area contributed by atoms with Crippen LogP contribution in [0.3, 0.4) is 0 Å². The Labute approximate surface area is 225 Å². The van der Waals surface area contributed by atoms with Gasteiger partial charge in [0.05, 0.1) is 29.1 Å². The van der Waals surface area contributed by atoms with Gasteiger partial charge >= 0.3 is 5.69 Å². The molecule has 2 heterocycles. The van der Waals surface area contributed by atoms with Crippen LogP contribution in [0.4, 0.5) is 5.69 Å². The highest BCUT2D eigenvalue weighted by molar-refractivity contribution is 5.91. The number of nitrogens with one attached hydrogen (secondary N) is 2. The van der Waals surface area contributed by atoms with Crippen LogP contribution in [-0.4, -0.2) is 40.2 Å². The molecular formula is C30H30N4O5. The van der Waals surface area contributed by atoms with Gasteiger partial charge in [-0.25, -0.2) is 9.36 Å². The average Bonchev–Trinajstić information content (AvgIpc) is 3.46. The summed E-state index contributed by atoms with van der Waals surface area (Å²) in [6.45, 7) is 2.90. The lowest BCUT2D eigenvalue weighted by Crippen LogP contribution is -2.40. The van der Waals surface area contributed by atoms with Crippen molar-refractivity contribution in [1.82, 2.24) is 14.5 Å². The molecule has 2 amide bonds. The van der Waals surface area contributed by atoms with Crippen LogP contribution in [0.2, 0.25) is 0 Å². The maximum Gasteiger partial charge on any atom is 0.336 e. The summed E-state index contributed by atoms with van der Waals surface area (Å²) in [5.41, 5.74) is 2.05. The van der Waals surface area contributed by atoms with Crippen molar-refractivity contribution in [3.8, 4) is 5.69 Å². The first-order valence-electron chi connectivity index (χ1n) is 13.0. The molecule has 39 heavy (non-hydrogen) atoms. The lowest BCUT2D eigenvalue weighted by molar-refractivity contribution is -0.121. The predicted molar refractivity (Wildman–Crippen MR) is 149 cm³/mol. The van der Waals surface area contributed by atoms with E-state index in [9.17, 15) is 19.2 Å². The Balaban J connectivity index is 1.39. The summed E-state index contributed by atoms with van der Waals surface area (Å²) in [5.74, 6) is -0.510. The molecule has 0 saturated carbocycles. The Bertz CT molecular complexity index is 1610. The van der Waals surface area contributed by atoms with Crippen molar-refractivity contribution in [3.05, 3.63) is 105 Å². The fourth-order valence-corrected chi connectivity index (χ4v) is 4.73. The number of para-hydroxylation sites is 1. The molecule has 0 bridgehead atoms. The molecule has 1 saturated heterocycles. The number of carbonyl (C=O) groups is 2. The largest absolute Gasteiger partial charge is 0.376 e. The summed E-state index contributed by atoms with van der Waals surface area (Å²) in [6, 6.07) is 20.8. The Morgan fingerprint density at radius 3 is 2.41 bits per heavy atom. The quantitative estimate of drug-likeness (QED) is 0.367. The minimum atomic E-state index is -0.625. The lowest BCUT2D eigenvalue weighted by atomic mass is 10.1. The van der Waals surface area contributed by atoms with Gasteiger partial charge in [0, 0.05) is 18.8 Å². The maximum atomic E-state index is 13.6. The third-order valence-electron chi connectivity index (χ3n) is 6.80. The number of aryl methyl sites for hydroxylation is 1. The van der Waals surface area contributed by atoms with E-state index >= 15 is 0 Å². The molecule has 5 rings (SSSR count). The molecule has 200 valence electrons. The monoisotopic (exact) mass is 526 g/mol. The summed E-state index contributed by atoms with van der Waals surface area (Å²) in [7, 11) is 0. The van der Waals surface area contributed by atoms with Crippen LogP contribution in [0.15, 0.2) is 82.4 Å². The van der Waals surface area contributed by atoms with Crippen LogP contribution in [0.25, 0.3) is 16.6 Å². The zero-order valence-electron chi connectivity index (χ0n) is 21.7. The highest BCUT2D eigenvalue weighted by Gasteiger charge is 2.18. The molecule has 9 nitrogen and oxygen atoms in total. The second-order valence-electron chi connectivity index (χ2n) is 9.72. The number of hydrogen-bond donors (Lipinski definition) is 2. The minimum absolute atomic E-state index is 0.0669. The third-order valence-corrected chi connectivity index (χ3v) is 6.80. The first kappa shape index (κ1) is 26.1. The zero-order chi connectivity index (χ0) is 27.4. The molecule has 3 aromatic carbocycles. The van der Waals surface area contributed by atoms with Gasteiger partial charge in [0.2, 0.25) is 11.8 Å². The van der Waals surface area contributed by atoms with Gasteiger partial charge < -0.3 is 15.4 Å². The summed E-state index contributed by atoms with van der Waals surface area (Å²) in [5, 5.41) is 6.02. The summed E-state index contributed by atoms with van der Waals surface area (Å²) < 4.78 is 7.89. The molecule has 4 aromatic rings. The Morgan fingerprint density at radius 1 is 0.949 bits per heavy atom. The van der Waals surface area contributed by atoms with E-state index in [0.717, 1.165) is 35.1 Å². The second-order valence-corrected chi connectivity index (χ2v) is 9.72. The smallest absolute Gasteiger partial charge is 0.336 e. The molecule has 0 spiro atoms. The zero-order valence-corrected chi connectivity index (χ0v) is 21.7.